The standard InChI is InChI=1S/C12H5Cl3FNO2/c13-6-2-7(10(15)8(14)3-6)11-9(16)1-5(4-17-11)12(18)19/h1-4H,(H,18,19). The van der Waals surface area contributed by atoms with E-state index in [0.717, 1.165) is 12.3 Å². The van der Waals surface area contributed by atoms with Crippen LogP contribution in [0.1, 0.15) is 10.4 Å². The zero-order valence-corrected chi connectivity index (χ0v) is 11.4. The maximum atomic E-state index is 13.9. The second-order valence-electron chi connectivity index (χ2n) is 3.61. The Hall–Kier alpha value is -1.36. The molecular formula is C12H5Cl3FNO2. The Morgan fingerprint density at radius 3 is 2.47 bits per heavy atom. The van der Waals surface area contributed by atoms with Crippen LogP contribution in [-0.2, 0) is 0 Å². The van der Waals surface area contributed by atoms with Gasteiger partial charge in [-0.1, -0.05) is 34.8 Å². The maximum Gasteiger partial charge on any atom is 0.337 e. The number of pyridine rings is 1. The summed E-state index contributed by atoms with van der Waals surface area (Å²) in [5, 5.41) is 9.27. The molecule has 0 fully saturated rings. The number of aromatic nitrogens is 1. The summed E-state index contributed by atoms with van der Waals surface area (Å²) in [7, 11) is 0. The molecule has 0 unspecified atom stereocenters. The van der Waals surface area contributed by atoms with Gasteiger partial charge in [-0.25, -0.2) is 9.18 Å². The monoisotopic (exact) mass is 319 g/mol. The van der Waals surface area contributed by atoms with Crippen LogP contribution in [-0.4, -0.2) is 16.1 Å². The van der Waals surface area contributed by atoms with Gasteiger partial charge in [0.1, 0.15) is 11.5 Å². The van der Waals surface area contributed by atoms with E-state index in [0.29, 0.717) is 0 Å². The van der Waals surface area contributed by atoms with Gasteiger partial charge in [0.2, 0.25) is 0 Å². The zero-order valence-electron chi connectivity index (χ0n) is 9.12. The zero-order chi connectivity index (χ0) is 14.2. The van der Waals surface area contributed by atoms with Crippen molar-refractivity contribution in [1.82, 2.24) is 4.98 Å². The van der Waals surface area contributed by atoms with Gasteiger partial charge in [0, 0.05) is 16.8 Å². The molecule has 1 aromatic heterocycles. The molecule has 0 bridgehead atoms. The summed E-state index contributed by atoms with van der Waals surface area (Å²) in [6.07, 6.45) is 1.03. The molecular weight excluding hydrogens is 315 g/mol. The molecule has 7 heteroatoms. The van der Waals surface area contributed by atoms with Crippen molar-refractivity contribution in [2.24, 2.45) is 0 Å². The summed E-state index contributed by atoms with van der Waals surface area (Å²) in [5.41, 5.74) is -0.168. The number of benzene rings is 1. The predicted octanol–water partition coefficient (Wildman–Crippen LogP) is 4.55. The maximum absolute atomic E-state index is 13.9. The third-order valence-corrected chi connectivity index (χ3v) is 3.36. The SMILES string of the molecule is O=C(O)c1cnc(-c2cc(Cl)cc(Cl)c2Cl)c(F)c1. The highest BCUT2D eigenvalue weighted by Crippen LogP contribution is 2.36. The molecule has 0 spiro atoms. The van der Waals surface area contributed by atoms with Crippen LogP contribution in [0.4, 0.5) is 4.39 Å². The summed E-state index contributed by atoms with van der Waals surface area (Å²) >= 11 is 17.6. The average molecular weight is 321 g/mol. The molecule has 2 rings (SSSR count). The summed E-state index contributed by atoms with van der Waals surface area (Å²) in [4.78, 5) is 14.5. The molecule has 0 amide bonds. The van der Waals surface area contributed by atoms with Crippen LogP contribution in [0.3, 0.4) is 0 Å². The Kier molecular flexibility index (Phi) is 3.94. The summed E-state index contributed by atoms with van der Waals surface area (Å²) in [5.74, 6) is -2.09. The summed E-state index contributed by atoms with van der Waals surface area (Å²) < 4.78 is 13.9. The van der Waals surface area contributed by atoms with Crippen molar-refractivity contribution in [2.75, 3.05) is 0 Å². The molecule has 1 N–H and O–H groups in total. The largest absolute Gasteiger partial charge is 0.478 e. The number of hydrogen-bond donors (Lipinski definition) is 1. The van der Waals surface area contributed by atoms with E-state index in [4.69, 9.17) is 39.9 Å². The van der Waals surface area contributed by atoms with E-state index < -0.39 is 11.8 Å². The second kappa shape index (κ2) is 5.33. The van der Waals surface area contributed by atoms with Crippen molar-refractivity contribution in [3.8, 4) is 11.3 Å². The molecule has 0 saturated carbocycles. The lowest BCUT2D eigenvalue weighted by atomic mass is 10.1. The van der Waals surface area contributed by atoms with E-state index in [1.807, 2.05) is 0 Å². The van der Waals surface area contributed by atoms with E-state index in [1.54, 1.807) is 0 Å². The third kappa shape index (κ3) is 2.81. The number of rotatable bonds is 2. The van der Waals surface area contributed by atoms with Gasteiger partial charge in [-0.05, 0) is 18.2 Å². The lowest BCUT2D eigenvalue weighted by Gasteiger charge is -2.08. The lowest BCUT2D eigenvalue weighted by molar-refractivity contribution is 0.0696. The van der Waals surface area contributed by atoms with Crippen molar-refractivity contribution in [1.29, 1.82) is 0 Å². The lowest BCUT2D eigenvalue weighted by Crippen LogP contribution is -2.00. The van der Waals surface area contributed by atoms with Gasteiger partial charge >= 0.3 is 5.97 Å². The Morgan fingerprint density at radius 1 is 1.21 bits per heavy atom. The fourth-order valence-corrected chi connectivity index (χ4v) is 2.17. The normalized spacial score (nSPS) is 10.5. The number of aromatic carboxylic acids is 1. The Labute approximate surface area is 122 Å². The first-order valence-electron chi connectivity index (χ1n) is 4.94. The van der Waals surface area contributed by atoms with Gasteiger partial charge < -0.3 is 5.11 Å². The molecule has 19 heavy (non-hydrogen) atoms. The first-order chi connectivity index (χ1) is 8.90. The van der Waals surface area contributed by atoms with Crippen LogP contribution in [0.5, 0.6) is 0 Å². The van der Waals surface area contributed by atoms with E-state index in [-0.39, 0.29) is 31.9 Å². The van der Waals surface area contributed by atoms with Crippen molar-refractivity contribution in [3.05, 3.63) is 50.8 Å². The van der Waals surface area contributed by atoms with Crippen molar-refractivity contribution in [3.63, 3.8) is 0 Å². The van der Waals surface area contributed by atoms with Crippen molar-refractivity contribution >= 4 is 40.8 Å². The molecule has 2 aromatic rings. The number of carboxylic acids is 1. The van der Waals surface area contributed by atoms with E-state index in [2.05, 4.69) is 4.98 Å². The highest BCUT2D eigenvalue weighted by atomic mass is 35.5. The van der Waals surface area contributed by atoms with Gasteiger partial charge in [-0.2, -0.15) is 0 Å². The topological polar surface area (TPSA) is 50.2 Å². The molecule has 3 nitrogen and oxygen atoms in total. The fraction of sp³-hybridized carbons (Fsp3) is 0. The third-order valence-electron chi connectivity index (χ3n) is 2.34. The van der Waals surface area contributed by atoms with E-state index in [9.17, 15) is 9.18 Å². The van der Waals surface area contributed by atoms with Gasteiger partial charge in [-0.15, -0.1) is 0 Å². The second-order valence-corrected chi connectivity index (χ2v) is 4.83. The summed E-state index contributed by atoms with van der Waals surface area (Å²) in [6.45, 7) is 0. The van der Waals surface area contributed by atoms with Crippen molar-refractivity contribution < 1.29 is 14.3 Å². The van der Waals surface area contributed by atoms with E-state index >= 15 is 0 Å². The van der Waals surface area contributed by atoms with Crippen LogP contribution >= 0.6 is 34.8 Å². The fourth-order valence-electron chi connectivity index (χ4n) is 1.48. The number of carboxylic acid groups (broad SMARTS) is 1. The van der Waals surface area contributed by atoms with Crippen LogP contribution < -0.4 is 0 Å². The minimum Gasteiger partial charge on any atom is -0.478 e. The molecule has 0 aliphatic rings. The highest BCUT2D eigenvalue weighted by Gasteiger charge is 2.16. The Balaban J connectivity index is 2.63. The molecule has 1 aromatic carbocycles. The van der Waals surface area contributed by atoms with Crippen molar-refractivity contribution in [2.45, 2.75) is 0 Å². The molecule has 98 valence electrons. The predicted molar refractivity (Wildman–Crippen MR) is 71.6 cm³/mol. The first-order valence-corrected chi connectivity index (χ1v) is 6.07. The average Bonchev–Trinajstić information content (AvgIpc) is 2.33. The molecule has 0 radical (unpaired) electrons. The number of halogens is 4. The molecule has 0 saturated heterocycles. The van der Waals surface area contributed by atoms with E-state index in [1.165, 1.54) is 12.1 Å². The van der Waals surface area contributed by atoms with Gasteiger partial charge in [0.25, 0.3) is 0 Å². The van der Waals surface area contributed by atoms with Gasteiger partial charge in [0.05, 0.1) is 15.6 Å². The van der Waals surface area contributed by atoms with Crippen LogP contribution in [0.2, 0.25) is 15.1 Å². The number of hydrogen-bond acceptors (Lipinski definition) is 2. The number of nitrogens with zero attached hydrogens (tertiary/aromatic N) is 1. The van der Waals surface area contributed by atoms with Gasteiger partial charge in [-0.3, -0.25) is 4.98 Å². The van der Waals surface area contributed by atoms with Crippen LogP contribution in [0, 0.1) is 5.82 Å². The minimum atomic E-state index is -1.27. The smallest absolute Gasteiger partial charge is 0.337 e. The molecule has 0 aliphatic heterocycles. The Bertz CT molecular complexity index is 676. The molecule has 0 atom stereocenters. The first kappa shape index (κ1) is 14.1. The summed E-state index contributed by atoms with van der Waals surface area (Å²) in [6, 6.07) is 3.68. The Morgan fingerprint density at radius 2 is 1.89 bits per heavy atom. The molecule has 0 aliphatic carbocycles. The van der Waals surface area contributed by atoms with Crippen LogP contribution in [0.25, 0.3) is 11.3 Å². The van der Waals surface area contributed by atoms with Gasteiger partial charge in [0.15, 0.2) is 0 Å². The highest BCUT2D eigenvalue weighted by molar-refractivity contribution is 6.45. The minimum absolute atomic E-state index is 0.0977. The molecule has 1 heterocycles. The quantitative estimate of drug-likeness (QED) is 0.826. The van der Waals surface area contributed by atoms with Crippen LogP contribution in [0.15, 0.2) is 24.4 Å². The number of carbonyl (C=O) groups is 1.